The smallest absolute Gasteiger partial charge is 0.143 e. The Bertz CT molecular complexity index is 441. The molecule has 0 N–H and O–H groups in total. The number of benzene rings is 1. The van der Waals surface area contributed by atoms with Crippen LogP contribution in [0.2, 0.25) is 0 Å². The molecule has 0 amide bonds. The summed E-state index contributed by atoms with van der Waals surface area (Å²) in [5, 5.41) is 4.35. The first-order chi connectivity index (χ1) is 7.81. The van der Waals surface area contributed by atoms with Gasteiger partial charge in [-0.15, -0.1) is 0 Å². The van der Waals surface area contributed by atoms with Gasteiger partial charge in [0.05, 0.1) is 6.61 Å². The molecule has 16 heavy (non-hydrogen) atoms. The van der Waals surface area contributed by atoms with Gasteiger partial charge in [0, 0.05) is 19.5 Å². The Morgan fingerprint density at radius 1 is 1.38 bits per heavy atom. The molecular weight excluding hydrogens is 199 g/mol. The topological polar surface area (TPSA) is 27.1 Å². The van der Waals surface area contributed by atoms with Crippen molar-refractivity contribution >= 4 is 13.3 Å². The first-order valence-electron chi connectivity index (χ1n) is 5.36. The third kappa shape index (κ3) is 2.34. The molecule has 0 radical (unpaired) electrons. The lowest BCUT2D eigenvalue weighted by molar-refractivity contribution is 0.164. The zero-order valence-corrected chi connectivity index (χ0v) is 9.63. The number of rotatable bonds is 4. The minimum absolute atomic E-state index is 0.153. The van der Waals surface area contributed by atoms with Crippen LogP contribution >= 0.6 is 0 Å². The van der Waals surface area contributed by atoms with E-state index in [9.17, 15) is 0 Å². The van der Waals surface area contributed by atoms with E-state index in [1.807, 2.05) is 43.1 Å². The molecule has 1 aromatic heterocycles. The highest BCUT2D eigenvalue weighted by molar-refractivity contribution is 6.31. The van der Waals surface area contributed by atoms with Gasteiger partial charge in [-0.25, -0.2) is 0 Å². The largest absolute Gasteiger partial charge is 0.382 e. The Hall–Kier alpha value is -1.55. The molecule has 0 aliphatic heterocycles. The van der Waals surface area contributed by atoms with Crippen LogP contribution in [0.4, 0.5) is 0 Å². The van der Waals surface area contributed by atoms with Crippen molar-refractivity contribution < 1.29 is 4.74 Å². The first-order valence-corrected chi connectivity index (χ1v) is 5.36. The fraction of sp³-hybridized carbons (Fsp3) is 0.250. The monoisotopic (exact) mass is 214 g/mol. The van der Waals surface area contributed by atoms with E-state index in [-0.39, 0.29) is 6.04 Å². The molecule has 2 aromatic rings. The normalized spacial score (nSPS) is 12.6. The molecule has 82 valence electrons. The third-order valence-corrected chi connectivity index (χ3v) is 2.56. The van der Waals surface area contributed by atoms with E-state index < -0.39 is 0 Å². The predicted octanol–water partition coefficient (Wildman–Crippen LogP) is 0.377. The van der Waals surface area contributed by atoms with Crippen molar-refractivity contribution in [1.29, 1.82) is 0 Å². The van der Waals surface area contributed by atoms with Gasteiger partial charge in [-0.1, -0.05) is 35.8 Å². The van der Waals surface area contributed by atoms with E-state index in [1.165, 1.54) is 5.56 Å². The van der Waals surface area contributed by atoms with Gasteiger partial charge in [0.2, 0.25) is 0 Å². The van der Waals surface area contributed by atoms with Crippen LogP contribution < -0.4 is 5.46 Å². The molecule has 0 aliphatic carbocycles. The highest BCUT2D eigenvalue weighted by atomic mass is 16.5. The second-order valence-electron chi connectivity index (χ2n) is 3.88. The summed E-state index contributed by atoms with van der Waals surface area (Å²) in [6.45, 7) is 0.630. The standard InChI is InChI=1S/C12H15BN2O/c1-16-9-12(10-5-3-2-4-6-10)15-8-11(13)7-14-15/h2-8,12H,9,13H2,1H3. The van der Waals surface area contributed by atoms with Crippen molar-refractivity contribution in [3.8, 4) is 0 Å². The lowest BCUT2D eigenvalue weighted by atomic mass is 10.0. The van der Waals surface area contributed by atoms with Gasteiger partial charge in [0.25, 0.3) is 0 Å². The lowest BCUT2D eigenvalue weighted by Crippen LogP contribution is -2.17. The van der Waals surface area contributed by atoms with Gasteiger partial charge in [0.1, 0.15) is 13.9 Å². The molecule has 1 aromatic carbocycles. The van der Waals surface area contributed by atoms with Crippen molar-refractivity contribution in [2.24, 2.45) is 0 Å². The predicted molar refractivity (Wildman–Crippen MR) is 66.9 cm³/mol. The maximum Gasteiger partial charge on any atom is 0.143 e. The van der Waals surface area contributed by atoms with Gasteiger partial charge in [-0.2, -0.15) is 5.10 Å². The van der Waals surface area contributed by atoms with Gasteiger partial charge < -0.3 is 4.74 Å². The number of ether oxygens (including phenoxy) is 1. The molecule has 0 bridgehead atoms. The number of methoxy groups -OCH3 is 1. The van der Waals surface area contributed by atoms with Gasteiger partial charge >= 0.3 is 0 Å². The number of hydrogen-bond acceptors (Lipinski definition) is 2. The van der Waals surface area contributed by atoms with Crippen molar-refractivity contribution in [1.82, 2.24) is 9.78 Å². The van der Waals surface area contributed by atoms with Crippen molar-refractivity contribution in [2.75, 3.05) is 13.7 Å². The molecule has 0 aliphatic rings. The second kappa shape index (κ2) is 4.99. The number of hydrogen-bond donors (Lipinski definition) is 0. The fourth-order valence-corrected chi connectivity index (χ4v) is 1.76. The van der Waals surface area contributed by atoms with Crippen LogP contribution in [0.25, 0.3) is 0 Å². The Morgan fingerprint density at radius 3 is 2.69 bits per heavy atom. The van der Waals surface area contributed by atoms with E-state index in [1.54, 1.807) is 7.11 Å². The van der Waals surface area contributed by atoms with Crippen LogP contribution in [0, 0.1) is 0 Å². The molecule has 0 saturated carbocycles. The van der Waals surface area contributed by atoms with Crippen LogP contribution in [0.1, 0.15) is 11.6 Å². The molecule has 4 heteroatoms. The summed E-state index contributed by atoms with van der Waals surface area (Å²) >= 11 is 0. The zero-order chi connectivity index (χ0) is 11.4. The molecule has 1 unspecified atom stereocenters. The molecular formula is C12H15BN2O. The van der Waals surface area contributed by atoms with Gasteiger partial charge in [0.15, 0.2) is 0 Å². The maximum atomic E-state index is 5.26. The quantitative estimate of drug-likeness (QED) is 0.688. The third-order valence-electron chi connectivity index (χ3n) is 2.56. The average molecular weight is 214 g/mol. The number of nitrogens with zero attached hydrogens (tertiary/aromatic N) is 2. The van der Waals surface area contributed by atoms with E-state index in [0.717, 1.165) is 5.46 Å². The summed E-state index contributed by atoms with van der Waals surface area (Å²) in [4.78, 5) is 0. The summed E-state index contributed by atoms with van der Waals surface area (Å²) in [6.07, 6.45) is 3.91. The maximum absolute atomic E-state index is 5.26. The highest BCUT2D eigenvalue weighted by Gasteiger charge is 2.13. The average Bonchev–Trinajstić information content (AvgIpc) is 2.74. The Kier molecular flexibility index (Phi) is 3.42. The summed E-state index contributed by atoms with van der Waals surface area (Å²) in [5.41, 5.74) is 2.38. The Balaban J connectivity index is 2.31. The second-order valence-corrected chi connectivity index (χ2v) is 3.88. The van der Waals surface area contributed by atoms with E-state index in [0.29, 0.717) is 6.61 Å². The minimum atomic E-state index is 0.153. The number of aromatic nitrogens is 2. The van der Waals surface area contributed by atoms with Crippen molar-refractivity contribution in [2.45, 2.75) is 6.04 Å². The minimum Gasteiger partial charge on any atom is -0.382 e. The fourth-order valence-electron chi connectivity index (χ4n) is 1.76. The Labute approximate surface area is 96.5 Å². The van der Waals surface area contributed by atoms with Crippen molar-refractivity contribution in [3.63, 3.8) is 0 Å². The first kappa shape index (κ1) is 11.0. The summed E-state index contributed by atoms with van der Waals surface area (Å²) in [5.74, 6) is 0. The van der Waals surface area contributed by atoms with Crippen LogP contribution in [0.15, 0.2) is 42.7 Å². The summed E-state index contributed by atoms with van der Waals surface area (Å²) in [6, 6.07) is 10.4. The summed E-state index contributed by atoms with van der Waals surface area (Å²) in [7, 11) is 3.75. The molecule has 0 saturated heterocycles. The van der Waals surface area contributed by atoms with Gasteiger partial charge in [-0.05, 0) is 5.56 Å². The van der Waals surface area contributed by atoms with E-state index in [2.05, 4.69) is 17.2 Å². The van der Waals surface area contributed by atoms with Crippen molar-refractivity contribution in [3.05, 3.63) is 48.3 Å². The molecule has 1 heterocycles. The van der Waals surface area contributed by atoms with Crippen LogP contribution in [-0.2, 0) is 4.74 Å². The molecule has 1 atom stereocenters. The zero-order valence-electron chi connectivity index (χ0n) is 9.63. The van der Waals surface area contributed by atoms with Crippen LogP contribution in [-0.4, -0.2) is 31.3 Å². The van der Waals surface area contributed by atoms with E-state index in [4.69, 9.17) is 4.74 Å². The summed E-state index contributed by atoms with van der Waals surface area (Å²) < 4.78 is 7.21. The Morgan fingerprint density at radius 2 is 2.12 bits per heavy atom. The molecule has 2 rings (SSSR count). The SMILES string of the molecule is Bc1cnn(C(COC)c2ccccc2)c1. The van der Waals surface area contributed by atoms with Crippen LogP contribution in [0.5, 0.6) is 0 Å². The molecule has 3 nitrogen and oxygen atoms in total. The van der Waals surface area contributed by atoms with Gasteiger partial charge in [-0.3, -0.25) is 4.68 Å². The highest BCUT2D eigenvalue weighted by Crippen LogP contribution is 2.16. The lowest BCUT2D eigenvalue weighted by Gasteiger charge is -2.17. The molecule has 0 fully saturated rings. The van der Waals surface area contributed by atoms with Crippen LogP contribution in [0.3, 0.4) is 0 Å². The van der Waals surface area contributed by atoms with E-state index >= 15 is 0 Å². The molecule has 0 spiro atoms.